The number of aromatic amines is 1. The van der Waals surface area contributed by atoms with Gasteiger partial charge in [0, 0.05) is 53.7 Å². The highest BCUT2D eigenvalue weighted by Gasteiger charge is 2.31. The molecule has 288 valence electrons. The van der Waals surface area contributed by atoms with Gasteiger partial charge in [0.15, 0.2) is 0 Å². The number of nitrogens with one attached hydrogen (secondary N) is 2. The number of nitrogens with zero attached hydrogens (tertiary/aromatic N) is 4. The maximum atomic E-state index is 11.6. The van der Waals surface area contributed by atoms with Gasteiger partial charge in [0.05, 0.1) is 40.4 Å². The molecule has 11 rings (SSSR count). The highest BCUT2D eigenvalue weighted by atomic mass is 32.1. The summed E-state index contributed by atoms with van der Waals surface area (Å²) >= 11 is 7.71. The number of benzene rings is 2. The molecule has 15 heteroatoms. The smallest absolute Gasteiger partial charge is 0.307 e. The van der Waals surface area contributed by atoms with Crippen molar-refractivity contribution in [3.8, 4) is 52.5 Å². The normalized spacial score (nSPS) is 16.1. The van der Waals surface area contributed by atoms with E-state index in [9.17, 15) is 19.8 Å². The quantitative estimate of drug-likeness (QED) is 0.105. The first-order chi connectivity index (χ1) is 28.9. The molecule has 8 heterocycles. The number of aliphatic carboxylic acids is 2. The van der Waals surface area contributed by atoms with E-state index >= 15 is 0 Å². The summed E-state index contributed by atoms with van der Waals surface area (Å²) in [6, 6.07) is 22.8. The van der Waals surface area contributed by atoms with Gasteiger partial charge in [0.25, 0.3) is 0 Å². The second kappa shape index (κ2) is 14.3. The van der Waals surface area contributed by atoms with Crippen molar-refractivity contribution in [2.45, 2.75) is 18.9 Å². The van der Waals surface area contributed by atoms with Crippen LogP contribution in [-0.2, 0) is 16.0 Å². The Hall–Kier alpha value is -6.10. The van der Waals surface area contributed by atoms with Gasteiger partial charge in [0.1, 0.15) is 33.5 Å². The van der Waals surface area contributed by atoms with Gasteiger partial charge in [-0.3, -0.25) is 9.59 Å². The minimum Gasteiger partial charge on any atom is -0.481 e. The lowest BCUT2D eigenvalue weighted by molar-refractivity contribution is -0.137. The SMILES string of the molecule is O=C(O)CC1=CNC2C=CC(c3ccc(-c4c5nsnc5c(-c5ccc(-c6ccc7[nH]cc(CC(=O)O)c7c6)s5)c5nc(-c6cccs6)c(-c6cccs6)nc45)s3)=CC12. The zero-order valence-corrected chi connectivity index (χ0v) is 34.6. The van der Waals surface area contributed by atoms with Crippen LogP contribution in [0.1, 0.15) is 16.9 Å². The molecule has 4 N–H and O–H groups in total. The summed E-state index contributed by atoms with van der Waals surface area (Å²) in [4.78, 5) is 43.6. The van der Waals surface area contributed by atoms with Crippen LogP contribution in [0, 0.1) is 5.92 Å². The lowest BCUT2D eigenvalue weighted by Crippen LogP contribution is -2.26. The van der Waals surface area contributed by atoms with Crippen LogP contribution in [-0.4, -0.2) is 51.9 Å². The van der Waals surface area contributed by atoms with Crippen molar-refractivity contribution in [1.29, 1.82) is 0 Å². The van der Waals surface area contributed by atoms with E-state index in [4.69, 9.17) is 18.7 Å². The molecule has 0 radical (unpaired) electrons. The van der Waals surface area contributed by atoms with Crippen LogP contribution in [0.3, 0.4) is 0 Å². The molecule has 2 atom stereocenters. The van der Waals surface area contributed by atoms with Crippen LogP contribution in [0.5, 0.6) is 0 Å². The van der Waals surface area contributed by atoms with Crippen molar-refractivity contribution in [2.75, 3.05) is 0 Å². The van der Waals surface area contributed by atoms with E-state index in [0.717, 1.165) is 107 Å². The second-order valence-corrected chi connectivity index (χ2v) is 18.8. The minimum absolute atomic E-state index is 0.00504. The van der Waals surface area contributed by atoms with Gasteiger partial charge < -0.3 is 20.5 Å². The molecule has 10 nitrogen and oxygen atoms in total. The fourth-order valence-corrected chi connectivity index (χ4v) is 12.1. The van der Waals surface area contributed by atoms with Crippen LogP contribution < -0.4 is 5.32 Å². The van der Waals surface area contributed by atoms with E-state index < -0.39 is 11.9 Å². The maximum absolute atomic E-state index is 11.6. The van der Waals surface area contributed by atoms with Crippen LogP contribution >= 0.6 is 57.1 Å². The molecule has 0 saturated carbocycles. The number of hydrogen-bond donors (Lipinski definition) is 4. The van der Waals surface area contributed by atoms with Crippen LogP contribution in [0.2, 0.25) is 0 Å². The molecule has 2 aromatic carbocycles. The molecule has 2 aliphatic rings. The number of allylic oxidation sites excluding steroid dienone is 2. The van der Waals surface area contributed by atoms with Crippen LogP contribution in [0.25, 0.3) is 91.0 Å². The summed E-state index contributed by atoms with van der Waals surface area (Å²) in [5, 5.41) is 27.4. The lowest BCUT2D eigenvalue weighted by Gasteiger charge is -2.21. The Bertz CT molecular complexity index is 3240. The molecule has 1 aliphatic heterocycles. The van der Waals surface area contributed by atoms with Gasteiger partial charge in [-0.1, -0.05) is 36.4 Å². The average Bonchev–Trinajstić information content (AvgIpc) is 4.09. The van der Waals surface area contributed by atoms with Gasteiger partial charge in [-0.15, -0.1) is 45.3 Å². The summed E-state index contributed by atoms with van der Waals surface area (Å²) in [7, 11) is 0. The standard InChI is InChI=1S/C44H28N6O4S5/c51-35(52)17-23-19-45-27-7-5-21(15-25(23)27)29-9-11-31(57-29)37-41-42(48-40(34-4-2-14-56-34)39(47-41)33-3-1-13-55-33)38(44-43(37)49-59-50-44)32-12-10-30(58-32)22-6-8-28-26(16-22)24(20-46-28)18-36(53)54/h1-16,19-20,25,27,45-46H,17-18H2,(H,51,52)(H,53,54). The lowest BCUT2D eigenvalue weighted by atomic mass is 9.86. The van der Waals surface area contributed by atoms with E-state index in [1.807, 2.05) is 24.4 Å². The summed E-state index contributed by atoms with van der Waals surface area (Å²) in [5.74, 6) is -1.75. The highest BCUT2D eigenvalue weighted by molar-refractivity contribution is 7.19. The zero-order chi connectivity index (χ0) is 39.8. The Kier molecular flexibility index (Phi) is 8.74. The van der Waals surface area contributed by atoms with Gasteiger partial charge in [-0.2, -0.15) is 8.75 Å². The zero-order valence-electron chi connectivity index (χ0n) is 30.5. The molecular weight excluding hydrogens is 837 g/mol. The van der Waals surface area contributed by atoms with E-state index in [1.165, 1.54) is 11.7 Å². The van der Waals surface area contributed by atoms with E-state index in [-0.39, 0.29) is 24.8 Å². The number of H-pyrrole nitrogens is 1. The molecule has 0 spiro atoms. The molecule has 9 aromatic rings. The fourth-order valence-electron chi connectivity index (χ4n) is 8.04. The Morgan fingerprint density at radius 1 is 0.712 bits per heavy atom. The molecule has 0 amide bonds. The first-order valence-corrected chi connectivity index (χ1v) is 22.7. The third-order valence-electron chi connectivity index (χ3n) is 10.7. The number of hydrogen-bond acceptors (Lipinski definition) is 12. The molecule has 1 aliphatic carbocycles. The number of rotatable bonds is 10. The van der Waals surface area contributed by atoms with Crippen molar-refractivity contribution in [1.82, 2.24) is 29.0 Å². The van der Waals surface area contributed by atoms with Crippen molar-refractivity contribution < 1.29 is 19.8 Å². The Morgan fingerprint density at radius 3 is 2.00 bits per heavy atom. The van der Waals surface area contributed by atoms with Crippen LogP contribution in [0.15, 0.2) is 114 Å². The van der Waals surface area contributed by atoms with E-state index in [0.29, 0.717) is 0 Å². The van der Waals surface area contributed by atoms with Gasteiger partial charge in [-0.25, -0.2) is 9.97 Å². The molecule has 0 fully saturated rings. The van der Waals surface area contributed by atoms with Crippen molar-refractivity contribution in [2.24, 2.45) is 5.92 Å². The highest BCUT2D eigenvalue weighted by Crippen LogP contribution is 2.49. The average molecular weight is 865 g/mol. The van der Waals surface area contributed by atoms with Gasteiger partial charge in [-0.05, 0) is 87.8 Å². The first kappa shape index (κ1) is 36.0. The molecule has 7 aromatic heterocycles. The summed E-state index contributed by atoms with van der Waals surface area (Å²) in [5.41, 5.74) is 10.9. The monoisotopic (exact) mass is 864 g/mol. The summed E-state index contributed by atoms with van der Waals surface area (Å²) in [6.07, 6.45) is 9.95. The second-order valence-electron chi connectivity index (χ2n) is 14.2. The largest absolute Gasteiger partial charge is 0.481 e. The predicted octanol–water partition coefficient (Wildman–Crippen LogP) is 11.2. The number of aromatic nitrogens is 5. The van der Waals surface area contributed by atoms with Crippen molar-refractivity contribution in [3.05, 3.63) is 124 Å². The fraction of sp³-hybridized carbons (Fsp3) is 0.0909. The molecular formula is C44H28N6O4S5. The Morgan fingerprint density at radius 2 is 1.36 bits per heavy atom. The molecule has 59 heavy (non-hydrogen) atoms. The Labute approximate surface area is 355 Å². The number of carboxylic acids is 2. The number of carbonyl (C=O) groups is 2. The maximum Gasteiger partial charge on any atom is 0.307 e. The van der Waals surface area contributed by atoms with E-state index in [1.54, 1.807) is 51.5 Å². The third-order valence-corrected chi connectivity index (χ3v) is 15.3. The predicted molar refractivity (Wildman–Crippen MR) is 240 cm³/mol. The van der Waals surface area contributed by atoms with Crippen LogP contribution in [0.4, 0.5) is 0 Å². The third kappa shape index (κ3) is 6.24. The van der Waals surface area contributed by atoms with Gasteiger partial charge in [0.2, 0.25) is 0 Å². The van der Waals surface area contributed by atoms with Crippen molar-refractivity contribution in [3.63, 3.8) is 0 Å². The van der Waals surface area contributed by atoms with Crippen molar-refractivity contribution >= 4 is 108 Å². The molecule has 0 bridgehead atoms. The molecule has 2 unspecified atom stereocenters. The summed E-state index contributed by atoms with van der Waals surface area (Å²) < 4.78 is 9.90. The first-order valence-electron chi connectivity index (χ1n) is 18.5. The summed E-state index contributed by atoms with van der Waals surface area (Å²) in [6.45, 7) is 0. The topological polar surface area (TPSA) is 154 Å². The number of fused-ring (bicyclic) bond motifs is 4. The van der Waals surface area contributed by atoms with Gasteiger partial charge >= 0.3 is 11.9 Å². The minimum atomic E-state index is -0.873. The number of carboxylic acid groups (broad SMARTS) is 2. The molecule has 0 saturated heterocycles. The Balaban J connectivity index is 1.10. The van der Waals surface area contributed by atoms with E-state index in [2.05, 4.69) is 87.8 Å². The number of thiophene rings is 4.